The maximum absolute atomic E-state index is 11.8. The van der Waals surface area contributed by atoms with Crippen molar-refractivity contribution in [2.75, 3.05) is 11.9 Å². The molecule has 0 aliphatic rings. The molecule has 0 saturated carbocycles. The largest absolute Gasteiger partial charge is 0.452 e. The predicted molar refractivity (Wildman–Crippen MR) is 95.6 cm³/mol. The third-order valence-corrected chi connectivity index (χ3v) is 3.86. The van der Waals surface area contributed by atoms with E-state index in [9.17, 15) is 9.59 Å². The van der Waals surface area contributed by atoms with Crippen LogP contribution in [0.1, 0.15) is 17.0 Å². The number of ether oxygens (including phenoxy) is 1. The molecule has 1 N–H and O–H groups in total. The van der Waals surface area contributed by atoms with Crippen LogP contribution in [0.15, 0.2) is 18.3 Å². The normalized spacial score (nSPS) is 10.9. The van der Waals surface area contributed by atoms with Crippen molar-refractivity contribution >= 4 is 47.0 Å². The molecule has 132 valence electrons. The molecule has 0 radical (unpaired) electrons. The molecule has 2 aromatic heterocycles. The summed E-state index contributed by atoms with van der Waals surface area (Å²) < 4.78 is 6.60. The Bertz CT molecular complexity index is 846. The van der Waals surface area contributed by atoms with Gasteiger partial charge in [0, 0.05) is 30.6 Å². The number of pyridine rings is 1. The van der Waals surface area contributed by atoms with Gasteiger partial charge in [0.1, 0.15) is 0 Å². The molecule has 0 atom stereocenters. The number of aromatic nitrogens is 3. The molecule has 2 heterocycles. The minimum atomic E-state index is -0.645. The van der Waals surface area contributed by atoms with Crippen LogP contribution in [0.5, 0.6) is 0 Å². The van der Waals surface area contributed by atoms with Crippen molar-refractivity contribution in [2.24, 2.45) is 7.05 Å². The van der Waals surface area contributed by atoms with Crippen molar-refractivity contribution in [1.29, 1.82) is 0 Å². The first-order valence-electron chi connectivity index (χ1n) is 7.24. The van der Waals surface area contributed by atoms with E-state index in [4.69, 9.17) is 27.9 Å². The number of halogens is 2. The Kier molecular flexibility index (Phi) is 6.17. The minimum Gasteiger partial charge on any atom is -0.452 e. The number of esters is 1. The molecule has 9 heteroatoms. The second kappa shape index (κ2) is 8.13. The molecule has 2 rings (SSSR count). The maximum atomic E-state index is 11.8. The Morgan fingerprint density at radius 3 is 2.68 bits per heavy atom. The molecular formula is C16H16Cl2N4O3. The lowest BCUT2D eigenvalue weighted by Gasteiger charge is -2.06. The zero-order chi connectivity index (χ0) is 18.6. The predicted octanol–water partition coefficient (Wildman–Crippen LogP) is 2.93. The standard InChI is InChI=1S/C16H16Cl2N4O3/c1-9-12(10(2)22(3)21-9)4-5-15(24)25-8-14(23)20-16-13(18)6-11(17)7-19-16/h4-7H,8H2,1-3H3,(H,19,20,23)/b5-4+. The summed E-state index contributed by atoms with van der Waals surface area (Å²) >= 11 is 11.6. The fourth-order valence-electron chi connectivity index (χ4n) is 2.04. The van der Waals surface area contributed by atoms with Gasteiger partial charge in [-0.05, 0) is 26.0 Å². The number of nitrogens with one attached hydrogen (secondary N) is 1. The second-order valence-electron chi connectivity index (χ2n) is 5.18. The van der Waals surface area contributed by atoms with E-state index >= 15 is 0 Å². The van der Waals surface area contributed by atoms with Gasteiger partial charge in [0.2, 0.25) is 0 Å². The molecule has 1 amide bonds. The molecule has 0 fully saturated rings. The highest BCUT2D eigenvalue weighted by Crippen LogP contribution is 2.22. The van der Waals surface area contributed by atoms with E-state index in [-0.39, 0.29) is 10.8 Å². The summed E-state index contributed by atoms with van der Waals surface area (Å²) in [4.78, 5) is 27.4. The van der Waals surface area contributed by atoms with E-state index in [1.165, 1.54) is 18.3 Å². The summed E-state index contributed by atoms with van der Waals surface area (Å²) in [6.45, 7) is 3.27. The van der Waals surface area contributed by atoms with Gasteiger partial charge in [-0.3, -0.25) is 9.48 Å². The lowest BCUT2D eigenvalue weighted by Crippen LogP contribution is -2.20. The number of rotatable bonds is 5. The van der Waals surface area contributed by atoms with Gasteiger partial charge in [-0.2, -0.15) is 5.10 Å². The van der Waals surface area contributed by atoms with Gasteiger partial charge in [-0.15, -0.1) is 0 Å². The van der Waals surface area contributed by atoms with E-state index in [0.29, 0.717) is 5.02 Å². The van der Waals surface area contributed by atoms with Crippen molar-refractivity contribution in [3.63, 3.8) is 0 Å². The Morgan fingerprint density at radius 2 is 2.08 bits per heavy atom. The Morgan fingerprint density at radius 1 is 1.36 bits per heavy atom. The summed E-state index contributed by atoms with van der Waals surface area (Å²) in [5.41, 5.74) is 2.55. The quantitative estimate of drug-likeness (QED) is 0.634. The third-order valence-electron chi connectivity index (χ3n) is 3.36. The molecule has 0 saturated heterocycles. The maximum Gasteiger partial charge on any atom is 0.331 e. The second-order valence-corrected chi connectivity index (χ2v) is 6.02. The first-order chi connectivity index (χ1) is 11.8. The first kappa shape index (κ1) is 19.0. The molecule has 0 spiro atoms. The van der Waals surface area contributed by atoms with Crippen LogP contribution in [0.25, 0.3) is 6.08 Å². The van der Waals surface area contributed by atoms with Gasteiger partial charge >= 0.3 is 5.97 Å². The average molecular weight is 383 g/mol. The molecular weight excluding hydrogens is 367 g/mol. The number of carbonyl (C=O) groups excluding carboxylic acids is 2. The van der Waals surface area contributed by atoms with Gasteiger partial charge < -0.3 is 10.1 Å². The van der Waals surface area contributed by atoms with E-state index in [0.717, 1.165) is 17.0 Å². The average Bonchev–Trinajstić information content (AvgIpc) is 2.79. The van der Waals surface area contributed by atoms with Gasteiger partial charge in [-0.1, -0.05) is 23.2 Å². The molecule has 0 aliphatic heterocycles. The van der Waals surface area contributed by atoms with Crippen LogP contribution in [0.2, 0.25) is 10.0 Å². The molecule has 0 bridgehead atoms. The van der Waals surface area contributed by atoms with Crippen LogP contribution in [0.3, 0.4) is 0 Å². The molecule has 7 nitrogen and oxygen atoms in total. The molecule has 0 unspecified atom stereocenters. The molecule has 25 heavy (non-hydrogen) atoms. The highest BCUT2D eigenvalue weighted by atomic mass is 35.5. The fourth-order valence-corrected chi connectivity index (χ4v) is 2.47. The van der Waals surface area contributed by atoms with Crippen LogP contribution in [0.4, 0.5) is 5.82 Å². The van der Waals surface area contributed by atoms with Gasteiger partial charge in [0.05, 0.1) is 15.7 Å². The van der Waals surface area contributed by atoms with Crippen LogP contribution in [-0.2, 0) is 21.4 Å². The van der Waals surface area contributed by atoms with E-state index < -0.39 is 18.5 Å². The molecule has 2 aromatic rings. The van der Waals surface area contributed by atoms with Crippen LogP contribution < -0.4 is 5.32 Å². The Balaban J connectivity index is 1.89. The van der Waals surface area contributed by atoms with E-state index in [2.05, 4.69) is 15.4 Å². The molecule has 0 aliphatic carbocycles. The zero-order valence-electron chi connectivity index (χ0n) is 13.8. The number of anilines is 1. The van der Waals surface area contributed by atoms with E-state index in [1.807, 2.05) is 20.9 Å². The van der Waals surface area contributed by atoms with Gasteiger partial charge in [0.15, 0.2) is 12.4 Å². The lowest BCUT2D eigenvalue weighted by molar-refractivity contribution is -0.142. The summed E-state index contributed by atoms with van der Waals surface area (Å²) in [5.74, 6) is -1.07. The van der Waals surface area contributed by atoms with E-state index in [1.54, 1.807) is 10.8 Å². The number of carbonyl (C=O) groups is 2. The number of nitrogens with zero attached hydrogens (tertiary/aromatic N) is 3. The first-order valence-corrected chi connectivity index (χ1v) is 7.99. The summed E-state index contributed by atoms with van der Waals surface area (Å²) in [6, 6.07) is 1.44. The number of hydrogen-bond acceptors (Lipinski definition) is 5. The monoisotopic (exact) mass is 382 g/mol. The number of amides is 1. The van der Waals surface area contributed by atoms with Gasteiger partial charge in [-0.25, -0.2) is 9.78 Å². The Hall–Kier alpha value is -2.38. The highest BCUT2D eigenvalue weighted by molar-refractivity contribution is 6.36. The highest BCUT2D eigenvalue weighted by Gasteiger charge is 2.11. The zero-order valence-corrected chi connectivity index (χ0v) is 15.4. The van der Waals surface area contributed by atoms with Crippen molar-refractivity contribution in [2.45, 2.75) is 13.8 Å². The minimum absolute atomic E-state index is 0.143. The van der Waals surface area contributed by atoms with Gasteiger partial charge in [0.25, 0.3) is 5.91 Å². The van der Waals surface area contributed by atoms with Crippen LogP contribution in [-0.4, -0.2) is 33.2 Å². The summed E-state index contributed by atoms with van der Waals surface area (Å²) in [6.07, 6.45) is 4.20. The SMILES string of the molecule is Cc1nn(C)c(C)c1/C=C/C(=O)OCC(=O)Nc1ncc(Cl)cc1Cl. The fraction of sp³-hybridized carbons (Fsp3) is 0.250. The summed E-state index contributed by atoms with van der Waals surface area (Å²) in [7, 11) is 1.82. The molecule has 0 aromatic carbocycles. The summed E-state index contributed by atoms with van der Waals surface area (Å²) in [5, 5.41) is 7.21. The third kappa shape index (κ3) is 5.04. The van der Waals surface area contributed by atoms with Crippen molar-refractivity contribution < 1.29 is 14.3 Å². The van der Waals surface area contributed by atoms with Crippen LogP contribution in [0, 0.1) is 13.8 Å². The van der Waals surface area contributed by atoms with Crippen LogP contribution >= 0.6 is 23.2 Å². The smallest absolute Gasteiger partial charge is 0.331 e. The topological polar surface area (TPSA) is 86.1 Å². The lowest BCUT2D eigenvalue weighted by atomic mass is 10.2. The van der Waals surface area contributed by atoms with Crippen molar-refractivity contribution in [3.05, 3.63) is 45.3 Å². The van der Waals surface area contributed by atoms with Crippen molar-refractivity contribution in [3.8, 4) is 0 Å². The van der Waals surface area contributed by atoms with Crippen molar-refractivity contribution in [1.82, 2.24) is 14.8 Å². The number of hydrogen-bond donors (Lipinski definition) is 1. The Labute approximate surface area is 154 Å². The number of aryl methyl sites for hydroxylation is 2.